The fourth-order valence-electron chi connectivity index (χ4n) is 1.23. The lowest BCUT2D eigenvalue weighted by Crippen LogP contribution is -2.34. The van der Waals surface area contributed by atoms with Crippen molar-refractivity contribution in [3.8, 4) is 11.8 Å². The lowest BCUT2D eigenvalue weighted by Gasteiger charge is -2.20. The first-order chi connectivity index (χ1) is 9.03. The number of halogens is 2. The van der Waals surface area contributed by atoms with Gasteiger partial charge in [0.05, 0.1) is 28.8 Å². The number of nitrogens with zero attached hydrogens (tertiary/aromatic N) is 2. The van der Waals surface area contributed by atoms with Gasteiger partial charge in [-0.25, -0.2) is 4.79 Å². The topological polar surface area (TPSA) is 62.6 Å². The van der Waals surface area contributed by atoms with Crippen molar-refractivity contribution in [2.24, 2.45) is 0 Å². The van der Waals surface area contributed by atoms with Gasteiger partial charge in [-0.3, -0.25) is 0 Å². The molecule has 0 aliphatic carbocycles. The van der Waals surface area contributed by atoms with E-state index >= 15 is 0 Å². The lowest BCUT2D eigenvalue weighted by molar-refractivity contribution is -0.0430. The number of hydroxylamine groups is 2. The summed E-state index contributed by atoms with van der Waals surface area (Å²) in [4.78, 5) is 16.9. The summed E-state index contributed by atoms with van der Waals surface area (Å²) in [5.41, 5.74) is 0.209. The summed E-state index contributed by atoms with van der Waals surface area (Å²) >= 11 is 11.8. The SMILES string of the molecule is CCOC(=O)N(CC)Oc1cc(C#N)c(Cl)cc1Cl. The smallest absolute Gasteiger partial charge is 0.443 e. The summed E-state index contributed by atoms with van der Waals surface area (Å²) in [7, 11) is 0. The summed E-state index contributed by atoms with van der Waals surface area (Å²) in [6.07, 6.45) is -0.630. The molecule has 0 aliphatic heterocycles. The standard InChI is InChI=1S/C12H12Cl2N2O3/c1-3-16(12(17)18-4-2)19-11-5-8(7-15)9(13)6-10(11)14/h5-6H,3-4H2,1-2H3. The molecule has 0 unspecified atom stereocenters. The van der Waals surface area contributed by atoms with Gasteiger partial charge in [-0.05, 0) is 19.9 Å². The zero-order chi connectivity index (χ0) is 14.4. The highest BCUT2D eigenvalue weighted by Crippen LogP contribution is 2.31. The number of nitriles is 1. The molecule has 5 nitrogen and oxygen atoms in total. The number of rotatable bonds is 4. The van der Waals surface area contributed by atoms with Crippen LogP contribution >= 0.6 is 23.2 Å². The Bertz CT molecular complexity index is 514. The van der Waals surface area contributed by atoms with Crippen molar-refractivity contribution in [3.63, 3.8) is 0 Å². The molecule has 0 saturated carbocycles. The van der Waals surface area contributed by atoms with Gasteiger partial charge in [0.1, 0.15) is 6.07 Å². The van der Waals surface area contributed by atoms with E-state index in [1.807, 2.05) is 6.07 Å². The summed E-state index contributed by atoms with van der Waals surface area (Å²) in [5.74, 6) is 0.164. The average molecular weight is 303 g/mol. The largest absolute Gasteiger partial charge is 0.448 e. The van der Waals surface area contributed by atoms with Crippen molar-refractivity contribution in [1.82, 2.24) is 5.06 Å². The van der Waals surface area contributed by atoms with Crippen LogP contribution in [0.15, 0.2) is 12.1 Å². The molecule has 0 N–H and O–H groups in total. The molecule has 1 aromatic carbocycles. The molecule has 0 aromatic heterocycles. The van der Waals surface area contributed by atoms with Crippen LogP contribution in [0.2, 0.25) is 10.0 Å². The Morgan fingerprint density at radius 3 is 2.58 bits per heavy atom. The van der Waals surface area contributed by atoms with Gasteiger partial charge in [-0.1, -0.05) is 23.2 Å². The first-order valence-corrected chi connectivity index (χ1v) is 6.30. The fourth-order valence-corrected chi connectivity index (χ4v) is 1.69. The second-order valence-electron chi connectivity index (χ2n) is 3.36. The molecule has 0 heterocycles. The van der Waals surface area contributed by atoms with E-state index in [2.05, 4.69) is 0 Å². The monoisotopic (exact) mass is 302 g/mol. The Labute approximate surface area is 121 Å². The van der Waals surface area contributed by atoms with Gasteiger partial charge in [0.2, 0.25) is 0 Å². The Morgan fingerprint density at radius 2 is 2.05 bits per heavy atom. The van der Waals surface area contributed by atoms with E-state index in [-0.39, 0.29) is 34.5 Å². The van der Waals surface area contributed by atoms with Crippen LogP contribution in [-0.4, -0.2) is 24.3 Å². The fraction of sp³-hybridized carbons (Fsp3) is 0.333. The summed E-state index contributed by atoms with van der Waals surface area (Å²) in [5, 5.41) is 10.3. The number of amides is 1. The molecule has 0 aliphatic rings. The number of carbonyl (C=O) groups excluding carboxylic acids is 1. The second-order valence-corrected chi connectivity index (χ2v) is 4.17. The third-order valence-corrected chi connectivity index (χ3v) is 2.72. The lowest BCUT2D eigenvalue weighted by atomic mass is 10.2. The highest BCUT2D eigenvalue weighted by Gasteiger charge is 2.17. The van der Waals surface area contributed by atoms with E-state index in [0.29, 0.717) is 0 Å². The Hall–Kier alpha value is -1.64. The number of hydrogen-bond donors (Lipinski definition) is 0. The Kier molecular flexibility index (Phi) is 5.74. The summed E-state index contributed by atoms with van der Waals surface area (Å²) in [6.45, 7) is 3.90. The number of carbonyl (C=O) groups is 1. The quantitative estimate of drug-likeness (QED) is 0.797. The highest BCUT2D eigenvalue weighted by molar-refractivity contribution is 6.36. The van der Waals surface area contributed by atoms with Crippen LogP contribution < -0.4 is 4.84 Å². The van der Waals surface area contributed by atoms with Gasteiger partial charge < -0.3 is 9.57 Å². The number of hydrogen-bond acceptors (Lipinski definition) is 4. The molecule has 102 valence electrons. The maximum Gasteiger partial charge on any atom is 0.443 e. The summed E-state index contributed by atoms with van der Waals surface area (Å²) < 4.78 is 4.82. The minimum Gasteiger partial charge on any atom is -0.448 e. The van der Waals surface area contributed by atoms with Crippen LogP contribution in [0.3, 0.4) is 0 Å². The van der Waals surface area contributed by atoms with Gasteiger partial charge in [0, 0.05) is 6.07 Å². The molecule has 0 spiro atoms. The van der Waals surface area contributed by atoms with Crippen LogP contribution in [0.5, 0.6) is 5.75 Å². The van der Waals surface area contributed by atoms with Crippen LogP contribution in [0, 0.1) is 11.3 Å². The van der Waals surface area contributed by atoms with Gasteiger partial charge >= 0.3 is 6.09 Å². The average Bonchev–Trinajstić information content (AvgIpc) is 2.38. The van der Waals surface area contributed by atoms with Crippen molar-refractivity contribution in [1.29, 1.82) is 5.26 Å². The molecule has 19 heavy (non-hydrogen) atoms. The maximum absolute atomic E-state index is 11.6. The first kappa shape index (κ1) is 15.4. The van der Waals surface area contributed by atoms with E-state index in [1.165, 1.54) is 12.1 Å². The van der Waals surface area contributed by atoms with E-state index in [9.17, 15) is 4.79 Å². The van der Waals surface area contributed by atoms with Crippen molar-refractivity contribution in [3.05, 3.63) is 27.7 Å². The van der Waals surface area contributed by atoms with Gasteiger partial charge in [0.25, 0.3) is 0 Å². The normalized spacial score (nSPS) is 9.63. The molecule has 0 fully saturated rings. The van der Waals surface area contributed by atoms with Crippen molar-refractivity contribution < 1.29 is 14.4 Å². The van der Waals surface area contributed by atoms with Crippen molar-refractivity contribution >= 4 is 29.3 Å². The summed E-state index contributed by atoms with van der Waals surface area (Å²) in [6, 6.07) is 4.66. The zero-order valence-corrected chi connectivity index (χ0v) is 12.0. The van der Waals surface area contributed by atoms with Crippen LogP contribution in [0.1, 0.15) is 19.4 Å². The number of ether oxygens (including phenoxy) is 1. The Balaban J connectivity index is 2.98. The first-order valence-electron chi connectivity index (χ1n) is 5.54. The third kappa shape index (κ3) is 3.91. The van der Waals surface area contributed by atoms with Crippen LogP contribution in [-0.2, 0) is 4.74 Å². The van der Waals surface area contributed by atoms with Crippen LogP contribution in [0.4, 0.5) is 4.79 Å². The molecule has 1 rings (SSSR count). The Morgan fingerprint density at radius 1 is 1.37 bits per heavy atom. The third-order valence-electron chi connectivity index (χ3n) is 2.11. The zero-order valence-electron chi connectivity index (χ0n) is 10.4. The second kappa shape index (κ2) is 7.07. The predicted octanol–water partition coefficient (Wildman–Crippen LogP) is 3.64. The van der Waals surface area contributed by atoms with Crippen molar-refractivity contribution in [2.75, 3.05) is 13.2 Å². The van der Waals surface area contributed by atoms with E-state index < -0.39 is 6.09 Å². The van der Waals surface area contributed by atoms with Gasteiger partial charge in [-0.2, -0.15) is 5.26 Å². The minimum absolute atomic E-state index is 0.164. The molecule has 1 aromatic rings. The van der Waals surface area contributed by atoms with Crippen molar-refractivity contribution in [2.45, 2.75) is 13.8 Å². The van der Waals surface area contributed by atoms with E-state index in [0.717, 1.165) is 5.06 Å². The van der Waals surface area contributed by atoms with E-state index in [1.54, 1.807) is 13.8 Å². The maximum atomic E-state index is 11.6. The minimum atomic E-state index is -0.630. The van der Waals surface area contributed by atoms with Gasteiger partial charge in [0.15, 0.2) is 5.75 Å². The molecule has 7 heteroatoms. The highest BCUT2D eigenvalue weighted by atomic mass is 35.5. The molecular weight excluding hydrogens is 291 g/mol. The predicted molar refractivity (Wildman–Crippen MR) is 71.2 cm³/mol. The molecule has 0 atom stereocenters. The number of benzene rings is 1. The molecular formula is C12H12Cl2N2O3. The molecule has 0 saturated heterocycles. The molecule has 0 bridgehead atoms. The molecule has 0 radical (unpaired) electrons. The van der Waals surface area contributed by atoms with Crippen LogP contribution in [0.25, 0.3) is 0 Å². The van der Waals surface area contributed by atoms with Gasteiger partial charge in [-0.15, -0.1) is 5.06 Å². The molecule has 1 amide bonds. The van der Waals surface area contributed by atoms with E-state index in [4.69, 9.17) is 38.0 Å².